The van der Waals surface area contributed by atoms with Gasteiger partial charge >= 0.3 is 6.18 Å². The Labute approximate surface area is 210 Å². The van der Waals surface area contributed by atoms with Gasteiger partial charge in [0.25, 0.3) is 0 Å². The number of benzene rings is 2. The first kappa shape index (κ1) is 25.9. The number of alkyl halides is 3. The van der Waals surface area contributed by atoms with E-state index in [4.69, 9.17) is 5.10 Å². The van der Waals surface area contributed by atoms with E-state index < -0.39 is 17.8 Å². The molecular formula is C28H33F3N4O. The van der Waals surface area contributed by atoms with Crippen molar-refractivity contribution in [1.82, 2.24) is 20.0 Å². The van der Waals surface area contributed by atoms with E-state index in [1.165, 1.54) is 5.69 Å². The minimum Gasteiger partial charge on any atom is -0.358 e. The van der Waals surface area contributed by atoms with E-state index in [2.05, 4.69) is 21.8 Å². The standard InChI is InChI=1S/C28H33F3N4O/c1-4-17-35-24-16-18-34(26(27(36)32-3)21-8-6-5-7-9-21)23(25(24)19(2)33-35)15-12-20-10-13-22(14-11-20)28(29,30)31/h5-11,13-14,23,26H,4,12,15-18H2,1-3H3,(H,32,36)/t23-,26+/m0/s1. The second-order valence-electron chi connectivity index (χ2n) is 9.33. The summed E-state index contributed by atoms with van der Waals surface area (Å²) in [5, 5.41) is 7.65. The fourth-order valence-corrected chi connectivity index (χ4v) is 5.34. The third-order valence-electron chi connectivity index (χ3n) is 6.99. The number of amides is 1. The molecule has 1 aromatic heterocycles. The molecule has 4 rings (SSSR count). The molecular weight excluding hydrogens is 465 g/mol. The normalized spacial score (nSPS) is 17.0. The average Bonchev–Trinajstić information content (AvgIpc) is 3.19. The molecule has 3 aromatic rings. The predicted octanol–water partition coefficient (Wildman–Crippen LogP) is 5.64. The summed E-state index contributed by atoms with van der Waals surface area (Å²) in [5.74, 6) is -0.0808. The van der Waals surface area contributed by atoms with E-state index in [-0.39, 0.29) is 11.9 Å². The van der Waals surface area contributed by atoms with Crippen molar-refractivity contribution in [2.75, 3.05) is 13.6 Å². The maximum absolute atomic E-state index is 13.2. The van der Waals surface area contributed by atoms with Crippen molar-refractivity contribution in [2.24, 2.45) is 0 Å². The first-order chi connectivity index (χ1) is 17.2. The zero-order valence-electron chi connectivity index (χ0n) is 21.0. The Morgan fingerprint density at radius 3 is 2.44 bits per heavy atom. The molecule has 0 spiro atoms. The number of aromatic nitrogens is 2. The van der Waals surface area contributed by atoms with E-state index in [9.17, 15) is 18.0 Å². The Morgan fingerprint density at radius 1 is 1.14 bits per heavy atom. The number of nitrogens with one attached hydrogen (secondary N) is 1. The van der Waals surface area contributed by atoms with Crippen LogP contribution in [-0.4, -0.2) is 34.2 Å². The van der Waals surface area contributed by atoms with Crippen LogP contribution in [0.2, 0.25) is 0 Å². The average molecular weight is 499 g/mol. The summed E-state index contributed by atoms with van der Waals surface area (Å²) >= 11 is 0. The van der Waals surface area contributed by atoms with E-state index in [1.54, 1.807) is 19.2 Å². The fourth-order valence-electron chi connectivity index (χ4n) is 5.34. The number of rotatable bonds is 8. The third kappa shape index (κ3) is 5.33. The van der Waals surface area contributed by atoms with Crippen molar-refractivity contribution in [1.29, 1.82) is 0 Å². The van der Waals surface area contributed by atoms with Crippen molar-refractivity contribution in [3.63, 3.8) is 0 Å². The molecule has 0 radical (unpaired) electrons. The number of likely N-dealkylation sites (N-methyl/N-ethyl adjacent to an activating group) is 1. The maximum Gasteiger partial charge on any atom is 0.416 e. The van der Waals surface area contributed by atoms with Crippen LogP contribution in [0.25, 0.3) is 0 Å². The van der Waals surface area contributed by atoms with E-state index in [1.807, 2.05) is 37.3 Å². The van der Waals surface area contributed by atoms with Crippen molar-refractivity contribution < 1.29 is 18.0 Å². The van der Waals surface area contributed by atoms with Gasteiger partial charge in [-0.1, -0.05) is 49.4 Å². The van der Waals surface area contributed by atoms with Crippen LogP contribution in [0.15, 0.2) is 54.6 Å². The zero-order chi connectivity index (χ0) is 25.9. The molecule has 1 amide bonds. The monoisotopic (exact) mass is 498 g/mol. The molecule has 0 unspecified atom stereocenters. The van der Waals surface area contributed by atoms with Crippen LogP contribution in [0, 0.1) is 6.92 Å². The van der Waals surface area contributed by atoms with Gasteiger partial charge in [-0.2, -0.15) is 18.3 Å². The molecule has 1 aliphatic rings. The van der Waals surface area contributed by atoms with Crippen molar-refractivity contribution in [3.8, 4) is 0 Å². The van der Waals surface area contributed by atoms with Gasteiger partial charge in [-0.25, -0.2) is 0 Å². The molecule has 5 nitrogen and oxygen atoms in total. The first-order valence-corrected chi connectivity index (χ1v) is 12.5. The van der Waals surface area contributed by atoms with Crippen LogP contribution < -0.4 is 5.32 Å². The lowest BCUT2D eigenvalue weighted by Gasteiger charge is -2.41. The smallest absolute Gasteiger partial charge is 0.358 e. The number of carbonyl (C=O) groups excluding carboxylic acids is 1. The molecule has 0 fully saturated rings. The lowest BCUT2D eigenvalue weighted by molar-refractivity contribution is -0.137. The van der Waals surface area contributed by atoms with Gasteiger partial charge < -0.3 is 5.32 Å². The van der Waals surface area contributed by atoms with Crippen molar-refractivity contribution >= 4 is 5.91 Å². The summed E-state index contributed by atoms with van der Waals surface area (Å²) in [7, 11) is 1.65. The highest BCUT2D eigenvalue weighted by molar-refractivity contribution is 5.83. The molecule has 1 aliphatic heterocycles. The molecule has 8 heteroatoms. The number of halogens is 3. The molecule has 2 heterocycles. The lowest BCUT2D eigenvalue weighted by Crippen LogP contribution is -2.45. The van der Waals surface area contributed by atoms with Crippen LogP contribution in [-0.2, 0) is 30.4 Å². The second-order valence-corrected chi connectivity index (χ2v) is 9.33. The molecule has 2 atom stereocenters. The first-order valence-electron chi connectivity index (χ1n) is 12.5. The molecule has 0 saturated carbocycles. The molecule has 36 heavy (non-hydrogen) atoms. The highest BCUT2D eigenvalue weighted by Crippen LogP contribution is 2.41. The highest BCUT2D eigenvalue weighted by atomic mass is 19.4. The van der Waals surface area contributed by atoms with Gasteiger partial charge in [0.2, 0.25) is 5.91 Å². The number of carbonyl (C=O) groups is 1. The molecule has 1 N–H and O–H groups in total. The van der Waals surface area contributed by atoms with Gasteiger partial charge in [0.1, 0.15) is 6.04 Å². The number of fused-ring (bicyclic) bond motifs is 1. The summed E-state index contributed by atoms with van der Waals surface area (Å²) < 4.78 is 41.2. The van der Waals surface area contributed by atoms with Gasteiger partial charge in [0.15, 0.2) is 0 Å². The van der Waals surface area contributed by atoms with E-state index in [0.717, 1.165) is 53.9 Å². The van der Waals surface area contributed by atoms with E-state index >= 15 is 0 Å². The molecule has 0 saturated heterocycles. The van der Waals surface area contributed by atoms with Gasteiger partial charge in [-0.3, -0.25) is 14.4 Å². The number of hydrogen-bond acceptors (Lipinski definition) is 3. The summed E-state index contributed by atoms with van der Waals surface area (Å²) in [6.45, 7) is 5.65. The van der Waals surface area contributed by atoms with Crippen molar-refractivity contribution in [2.45, 2.75) is 64.3 Å². The summed E-state index contributed by atoms with van der Waals surface area (Å²) in [5.41, 5.74) is 4.40. The highest BCUT2D eigenvalue weighted by Gasteiger charge is 2.39. The molecule has 192 valence electrons. The Morgan fingerprint density at radius 2 is 1.83 bits per heavy atom. The molecule has 0 aliphatic carbocycles. The van der Waals surface area contributed by atoms with Crippen LogP contribution in [0.5, 0.6) is 0 Å². The Hall–Kier alpha value is -3.13. The van der Waals surface area contributed by atoms with Crippen LogP contribution in [0.3, 0.4) is 0 Å². The number of aryl methyl sites for hydroxylation is 3. The summed E-state index contributed by atoms with van der Waals surface area (Å²) in [6.07, 6.45) is -1.34. The van der Waals surface area contributed by atoms with Gasteiger partial charge in [-0.05, 0) is 49.4 Å². The fraction of sp³-hybridized carbons (Fsp3) is 0.429. The maximum atomic E-state index is 13.2. The number of nitrogens with zero attached hydrogens (tertiary/aromatic N) is 3. The second kappa shape index (κ2) is 10.9. The topological polar surface area (TPSA) is 50.2 Å². The minimum atomic E-state index is -4.35. The largest absolute Gasteiger partial charge is 0.416 e. The Balaban J connectivity index is 1.71. The van der Waals surface area contributed by atoms with E-state index in [0.29, 0.717) is 19.4 Å². The SMILES string of the molecule is CCCn1nc(C)c2c1CCN([C@@H](C(=O)NC)c1ccccc1)[C@H]2CCc1ccc(C(F)(F)F)cc1. The quantitative estimate of drug-likeness (QED) is 0.437. The lowest BCUT2D eigenvalue weighted by atomic mass is 9.88. The van der Waals surface area contributed by atoms with Crippen LogP contribution in [0.1, 0.15) is 65.5 Å². The third-order valence-corrected chi connectivity index (χ3v) is 6.99. The predicted molar refractivity (Wildman–Crippen MR) is 133 cm³/mol. The summed E-state index contributed by atoms with van der Waals surface area (Å²) in [6, 6.07) is 14.5. The minimum absolute atomic E-state index is 0.0808. The Bertz CT molecular complexity index is 1170. The van der Waals surface area contributed by atoms with Crippen LogP contribution in [0.4, 0.5) is 13.2 Å². The van der Waals surface area contributed by atoms with Crippen molar-refractivity contribution in [3.05, 3.63) is 88.2 Å². The zero-order valence-corrected chi connectivity index (χ0v) is 21.0. The Kier molecular flexibility index (Phi) is 7.83. The molecule has 0 bridgehead atoms. The number of hydrogen-bond donors (Lipinski definition) is 1. The van der Waals surface area contributed by atoms with Gasteiger partial charge in [0, 0.05) is 43.9 Å². The van der Waals surface area contributed by atoms with Crippen LogP contribution >= 0.6 is 0 Å². The summed E-state index contributed by atoms with van der Waals surface area (Å²) in [4.78, 5) is 15.4. The van der Waals surface area contributed by atoms with Gasteiger partial charge in [0.05, 0.1) is 11.3 Å². The molecule has 2 aromatic carbocycles. The van der Waals surface area contributed by atoms with Gasteiger partial charge in [-0.15, -0.1) is 0 Å².